The first-order valence-corrected chi connectivity index (χ1v) is 13.3. The molecule has 0 aliphatic heterocycles. The van der Waals surface area contributed by atoms with Gasteiger partial charge in [0, 0.05) is 0 Å². The highest BCUT2D eigenvalue weighted by molar-refractivity contribution is 7.41. The van der Waals surface area contributed by atoms with E-state index in [1.807, 2.05) is 0 Å². The zero-order valence-corrected chi connectivity index (χ0v) is 20.1. The molecule has 28 heavy (non-hydrogen) atoms. The second-order valence-corrected chi connectivity index (χ2v) is 11.7. The normalized spacial score (nSPS) is 46.3. The maximum atomic E-state index is 6.74. The summed E-state index contributed by atoms with van der Waals surface area (Å²) in [5.74, 6) is 3.60. The predicted octanol–water partition coefficient (Wildman–Crippen LogP) is 7.74. The summed E-state index contributed by atoms with van der Waals surface area (Å²) >= 11 is 0. The fraction of sp³-hybridized carbons (Fsp3) is 1.00. The molecule has 0 aromatic heterocycles. The summed E-state index contributed by atoms with van der Waals surface area (Å²) < 4.78 is 20.2. The van der Waals surface area contributed by atoms with E-state index >= 15 is 0 Å². The molecule has 3 fully saturated rings. The van der Waals surface area contributed by atoms with E-state index in [4.69, 9.17) is 13.6 Å². The Balaban J connectivity index is 1.72. The SMILES string of the molecule is CC1CCCC(C)C1OP(OC1C(C)CCCC1C)OC1C(C)CCCC1C. The van der Waals surface area contributed by atoms with E-state index in [1.165, 1.54) is 57.8 Å². The van der Waals surface area contributed by atoms with Crippen LogP contribution in [-0.2, 0) is 13.6 Å². The van der Waals surface area contributed by atoms with E-state index in [2.05, 4.69) is 41.5 Å². The number of hydrogen-bond donors (Lipinski definition) is 0. The van der Waals surface area contributed by atoms with Crippen molar-refractivity contribution in [2.75, 3.05) is 0 Å². The Kier molecular flexibility index (Phi) is 8.67. The highest BCUT2D eigenvalue weighted by Crippen LogP contribution is 2.53. The molecule has 3 nitrogen and oxygen atoms in total. The molecule has 0 bridgehead atoms. The largest absolute Gasteiger partial charge is 0.333 e. The highest BCUT2D eigenvalue weighted by atomic mass is 31.2. The van der Waals surface area contributed by atoms with E-state index in [-0.39, 0.29) is 18.3 Å². The molecular weight excluding hydrogens is 367 g/mol. The molecular formula is C24H45O3P. The zero-order valence-electron chi connectivity index (χ0n) is 19.2. The van der Waals surface area contributed by atoms with Gasteiger partial charge in [-0.05, 0) is 74.0 Å². The van der Waals surface area contributed by atoms with Crippen molar-refractivity contribution in [1.29, 1.82) is 0 Å². The Morgan fingerprint density at radius 3 is 0.857 bits per heavy atom. The third-order valence-electron chi connectivity index (χ3n) is 7.95. The smallest absolute Gasteiger partial charge is 0.308 e. The van der Waals surface area contributed by atoms with Gasteiger partial charge in [-0.2, -0.15) is 0 Å². The molecule has 3 aliphatic carbocycles. The van der Waals surface area contributed by atoms with Crippen LogP contribution in [0.15, 0.2) is 0 Å². The number of rotatable bonds is 6. The van der Waals surface area contributed by atoms with Crippen LogP contribution in [0.5, 0.6) is 0 Å². The van der Waals surface area contributed by atoms with Crippen LogP contribution in [-0.4, -0.2) is 18.3 Å². The molecule has 0 heterocycles. The van der Waals surface area contributed by atoms with Crippen molar-refractivity contribution >= 4 is 8.60 Å². The van der Waals surface area contributed by atoms with Crippen molar-refractivity contribution in [1.82, 2.24) is 0 Å². The molecule has 0 spiro atoms. The Morgan fingerprint density at radius 1 is 0.429 bits per heavy atom. The van der Waals surface area contributed by atoms with Gasteiger partial charge in [-0.1, -0.05) is 60.8 Å². The highest BCUT2D eigenvalue weighted by Gasteiger charge is 2.39. The molecule has 0 radical (unpaired) electrons. The summed E-state index contributed by atoms with van der Waals surface area (Å²) in [5.41, 5.74) is 0. The van der Waals surface area contributed by atoms with Crippen LogP contribution in [0.3, 0.4) is 0 Å². The van der Waals surface area contributed by atoms with Crippen molar-refractivity contribution in [2.45, 2.75) is 118 Å². The summed E-state index contributed by atoms with van der Waals surface area (Å²) in [4.78, 5) is 0. The van der Waals surface area contributed by atoms with Gasteiger partial charge in [-0.15, -0.1) is 0 Å². The fourth-order valence-electron chi connectivity index (χ4n) is 5.95. The lowest BCUT2D eigenvalue weighted by Gasteiger charge is -2.42. The van der Waals surface area contributed by atoms with Crippen molar-refractivity contribution in [3.05, 3.63) is 0 Å². The third-order valence-corrected chi connectivity index (χ3v) is 9.19. The van der Waals surface area contributed by atoms with Gasteiger partial charge in [-0.25, -0.2) is 0 Å². The molecule has 0 amide bonds. The van der Waals surface area contributed by atoms with Crippen LogP contribution in [0.1, 0.15) is 99.3 Å². The standard InChI is InChI=1S/C24H45O3P/c1-16-10-7-11-17(2)22(16)25-28(26-23-18(3)12-8-13-19(23)4)27-24-20(5)14-9-15-21(24)6/h16-24H,7-15H2,1-6H3. The molecule has 6 unspecified atom stereocenters. The molecule has 4 heteroatoms. The van der Waals surface area contributed by atoms with Gasteiger partial charge in [-0.3, -0.25) is 0 Å². The Labute approximate surface area is 175 Å². The number of hydrogen-bond acceptors (Lipinski definition) is 3. The molecule has 3 aliphatic rings. The first-order chi connectivity index (χ1) is 13.4. The van der Waals surface area contributed by atoms with Crippen molar-refractivity contribution in [3.8, 4) is 0 Å². The van der Waals surface area contributed by atoms with Gasteiger partial charge in [0.1, 0.15) is 0 Å². The second kappa shape index (κ2) is 10.6. The summed E-state index contributed by atoms with van der Waals surface area (Å²) in [7, 11) is -1.29. The van der Waals surface area contributed by atoms with Gasteiger partial charge in [0.05, 0.1) is 18.3 Å². The van der Waals surface area contributed by atoms with Gasteiger partial charge in [0.2, 0.25) is 0 Å². The molecule has 6 atom stereocenters. The second-order valence-electron chi connectivity index (χ2n) is 10.6. The van der Waals surface area contributed by atoms with E-state index in [0.717, 1.165) is 0 Å². The first-order valence-electron chi connectivity index (χ1n) is 12.2. The molecule has 0 N–H and O–H groups in total. The average molecular weight is 413 g/mol. The van der Waals surface area contributed by atoms with Crippen LogP contribution >= 0.6 is 8.60 Å². The first kappa shape index (κ1) is 23.0. The van der Waals surface area contributed by atoms with Crippen LogP contribution in [0, 0.1) is 35.5 Å². The van der Waals surface area contributed by atoms with Crippen LogP contribution in [0.4, 0.5) is 0 Å². The van der Waals surface area contributed by atoms with Gasteiger partial charge in [0.15, 0.2) is 0 Å². The molecule has 3 rings (SSSR count). The van der Waals surface area contributed by atoms with E-state index in [0.29, 0.717) is 35.5 Å². The molecule has 164 valence electrons. The van der Waals surface area contributed by atoms with Crippen LogP contribution in [0.25, 0.3) is 0 Å². The van der Waals surface area contributed by atoms with Crippen LogP contribution in [0.2, 0.25) is 0 Å². The Hall–Kier alpha value is 0.310. The minimum absolute atomic E-state index is 0.281. The quantitative estimate of drug-likeness (QED) is 0.418. The monoisotopic (exact) mass is 412 g/mol. The fourth-order valence-corrected chi connectivity index (χ4v) is 7.94. The molecule has 0 saturated heterocycles. The minimum atomic E-state index is -1.29. The summed E-state index contributed by atoms with van der Waals surface area (Å²) in [6.45, 7) is 14.1. The molecule has 0 aromatic carbocycles. The van der Waals surface area contributed by atoms with Crippen molar-refractivity contribution < 1.29 is 13.6 Å². The maximum Gasteiger partial charge on any atom is 0.333 e. The van der Waals surface area contributed by atoms with Gasteiger partial charge >= 0.3 is 8.60 Å². The minimum Gasteiger partial charge on any atom is -0.308 e. The van der Waals surface area contributed by atoms with E-state index < -0.39 is 8.60 Å². The van der Waals surface area contributed by atoms with Crippen LogP contribution < -0.4 is 0 Å². The Morgan fingerprint density at radius 2 is 0.643 bits per heavy atom. The zero-order chi connectivity index (χ0) is 20.3. The van der Waals surface area contributed by atoms with E-state index in [9.17, 15) is 0 Å². The van der Waals surface area contributed by atoms with Gasteiger partial charge < -0.3 is 13.6 Å². The lowest BCUT2D eigenvalue weighted by atomic mass is 9.81. The van der Waals surface area contributed by atoms with Crippen molar-refractivity contribution in [3.63, 3.8) is 0 Å². The van der Waals surface area contributed by atoms with Gasteiger partial charge in [0.25, 0.3) is 0 Å². The predicted molar refractivity (Wildman–Crippen MR) is 118 cm³/mol. The molecule has 0 aromatic rings. The third kappa shape index (κ3) is 5.71. The topological polar surface area (TPSA) is 27.7 Å². The maximum absolute atomic E-state index is 6.74. The summed E-state index contributed by atoms with van der Waals surface area (Å²) in [6, 6.07) is 0. The lowest BCUT2D eigenvalue weighted by molar-refractivity contribution is -0.0374. The molecule has 3 saturated carbocycles. The Bertz CT molecular complexity index is 376. The summed E-state index contributed by atoms with van der Waals surface area (Å²) in [6.07, 6.45) is 12.4. The van der Waals surface area contributed by atoms with E-state index in [1.54, 1.807) is 0 Å². The lowest BCUT2D eigenvalue weighted by Crippen LogP contribution is -2.37. The van der Waals surface area contributed by atoms with Crippen molar-refractivity contribution in [2.24, 2.45) is 35.5 Å². The average Bonchev–Trinajstić information content (AvgIpc) is 2.64. The summed E-state index contributed by atoms with van der Waals surface area (Å²) in [5, 5.41) is 0.